The van der Waals surface area contributed by atoms with E-state index in [0.717, 1.165) is 11.3 Å². The molecule has 0 fully saturated rings. The molecule has 1 amide bonds. The number of hydrogen-bond donors (Lipinski definition) is 2. The second-order valence-electron chi connectivity index (χ2n) is 4.96. The molecule has 0 aliphatic heterocycles. The van der Waals surface area contributed by atoms with E-state index in [4.69, 9.17) is 10.00 Å². The van der Waals surface area contributed by atoms with Crippen LogP contribution in [0.3, 0.4) is 0 Å². The van der Waals surface area contributed by atoms with Gasteiger partial charge in [0.1, 0.15) is 17.4 Å². The van der Waals surface area contributed by atoms with E-state index in [2.05, 4.69) is 10.6 Å². The van der Waals surface area contributed by atoms with Crippen molar-refractivity contribution in [1.29, 1.82) is 5.26 Å². The van der Waals surface area contributed by atoms with Crippen molar-refractivity contribution in [3.63, 3.8) is 0 Å². The number of carbonyl (C=O) groups excluding carboxylic acids is 1. The van der Waals surface area contributed by atoms with E-state index >= 15 is 0 Å². The Balaban J connectivity index is 2.71. The van der Waals surface area contributed by atoms with Gasteiger partial charge < -0.3 is 15.4 Å². The molecule has 0 heterocycles. The number of hydrogen-bond acceptors (Lipinski definition) is 4. The van der Waals surface area contributed by atoms with Gasteiger partial charge in [-0.05, 0) is 38.5 Å². The first-order valence-corrected chi connectivity index (χ1v) is 6.79. The molecule has 112 valence electrons. The van der Waals surface area contributed by atoms with Crippen LogP contribution in [0.5, 0.6) is 5.75 Å². The number of nitrogens with one attached hydrogen (secondary N) is 2. The van der Waals surface area contributed by atoms with Gasteiger partial charge >= 0.3 is 0 Å². The summed E-state index contributed by atoms with van der Waals surface area (Å²) < 4.78 is 5.10. The summed E-state index contributed by atoms with van der Waals surface area (Å²) in [5.74, 6) is 0.414. The monoisotopic (exact) mass is 287 g/mol. The summed E-state index contributed by atoms with van der Waals surface area (Å²) in [6.07, 6.45) is 1.45. The van der Waals surface area contributed by atoms with E-state index in [9.17, 15) is 4.79 Å². The minimum Gasteiger partial charge on any atom is -0.497 e. The van der Waals surface area contributed by atoms with E-state index in [0.29, 0.717) is 0 Å². The maximum atomic E-state index is 11.8. The Kier molecular flexibility index (Phi) is 6.28. The van der Waals surface area contributed by atoms with Crippen LogP contribution in [0, 0.1) is 11.3 Å². The normalized spacial score (nSPS) is 12.5. The first-order valence-electron chi connectivity index (χ1n) is 6.79. The van der Waals surface area contributed by atoms with Crippen molar-refractivity contribution in [3.8, 4) is 11.8 Å². The highest BCUT2D eigenvalue weighted by Crippen LogP contribution is 2.17. The Morgan fingerprint density at radius 1 is 1.29 bits per heavy atom. The third kappa shape index (κ3) is 5.19. The quantitative estimate of drug-likeness (QED) is 0.622. The molecule has 0 saturated heterocycles. The minimum absolute atomic E-state index is 0.00624. The van der Waals surface area contributed by atoms with Gasteiger partial charge in [0.25, 0.3) is 5.91 Å². The van der Waals surface area contributed by atoms with Gasteiger partial charge in [0.15, 0.2) is 0 Å². The van der Waals surface area contributed by atoms with Crippen LogP contribution in [-0.2, 0) is 4.79 Å². The van der Waals surface area contributed by atoms with Crippen LogP contribution in [0.1, 0.15) is 32.4 Å². The second kappa shape index (κ2) is 7.95. The molecular weight excluding hydrogens is 266 g/mol. The van der Waals surface area contributed by atoms with E-state index < -0.39 is 0 Å². The van der Waals surface area contributed by atoms with Gasteiger partial charge in [0, 0.05) is 18.3 Å². The molecule has 0 aliphatic rings. The Morgan fingerprint density at radius 2 is 1.90 bits per heavy atom. The molecule has 1 atom stereocenters. The molecule has 5 nitrogen and oxygen atoms in total. The lowest BCUT2D eigenvalue weighted by atomic mass is 10.1. The summed E-state index contributed by atoms with van der Waals surface area (Å²) in [5.41, 5.74) is 1.10. The van der Waals surface area contributed by atoms with Crippen LogP contribution in [-0.4, -0.2) is 19.1 Å². The lowest BCUT2D eigenvalue weighted by Crippen LogP contribution is -2.31. The maximum absolute atomic E-state index is 11.8. The van der Waals surface area contributed by atoms with E-state index in [1.807, 2.05) is 51.1 Å². The lowest BCUT2D eigenvalue weighted by molar-refractivity contribution is -0.117. The largest absolute Gasteiger partial charge is 0.497 e. The number of methoxy groups -OCH3 is 1. The van der Waals surface area contributed by atoms with Crippen LogP contribution in [0.15, 0.2) is 36.0 Å². The lowest BCUT2D eigenvalue weighted by Gasteiger charge is -2.13. The van der Waals surface area contributed by atoms with Crippen molar-refractivity contribution >= 4 is 5.91 Å². The maximum Gasteiger partial charge on any atom is 0.263 e. The zero-order chi connectivity index (χ0) is 15.8. The topological polar surface area (TPSA) is 74.1 Å². The van der Waals surface area contributed by atoms with E-state index in [-0.39, 0.29) is 23.6 Å². The average Bonchev–Trinajstić information content (AvgIpc) is 2.47. The van der Waals surface area contributed by atoms with Crippen molar-refractivity contribution in [1.82, 2.24) is 10.6 Å². The van der Waals surface area contributed by atoms with Crippen molar-refractivity contribution in [2.45, 2.75) is 32.9 Å². The molecular formula is C16H21N3O2. The van der Waals surface area contributed by atoms with Gasteiger partial charge in [-0.3, -0.25) is 4.79 Å². The summed E-state index contributed by atoms with van der Waals surface area (Å²) in [6, 6.07) is 9.48. The number of nitriles is 1. The molecule has 1 aromatic rings. The molecule has 0 bridgehead atoms. The van der Waals surface area contributed by atoms with Crippen LogP contribution < -0.4 is 15.4 Å². The summed E-state index contributed by atoms with van der Waals surface area (Å²) in [6.45, 7) is 5.65. The van der Waals surface area contributed by atoms with Crippen molar-refractivity contribution in [3.05, 3.63) is 41.6 Å². The Hall–Kier alpha value is -2.48. The fourth-order valence-electron chi connectivity index (χ4n) is 1.69. The van der Waals surface area contributed by atoms with Gasteiger partial charge in [-0.2, -0.15) is 5.26 Å². The third-order valence-electron chi connectivity index (χ3n) is 2.88. The second-order valence-corrected chi connectivity index (χ2v) is 4.96. The van der Waals surface area contributed by atoms with Gasteiger partial charge in [-0.15, -0.1) is 0 Å². The fourth-order valence-corrected chi connectivity index (χ4v) is 1.69. The summed E-state index contributed by atoms with van der Waals surface area (Å²) in [7, 11) is 1.62. The molecule has 0 spiro atoms. The number of rotatable bonds is 6. The molecule has 1 aromatic carbocycles. The standard InChI is InChI=1S/C16H21N3O2/c1-11(2)19-16(20)14(9-17)10-18-12(3)13-5-7-15(21-4)8-6-13/h5-8,10-12,18H,1-4H3,(H,19,20)/b14-10-. The van der Waals surface area contributed by atoms with Crippen molar-refractivity contribution in [2.24, 2.45) is 0 Å². The summed E-state index contributed by atoms with van der Waals surface area (Å²) in [4.78, 5) is 11.8. The molecule has 1 unspecified atom stereocenters. The highest BCUT2D eigenvalue weighted by Gasteiger charge is 2.11. The van der Waals surface area contributed by atoms with Gasteiger partial charge in [0.2, 0.25) is 0 Å². The van der Waals surface area contributed by atoms with Gasteiger partial charge in [0.05, 0.1) is 7.11 Å². The van der Waals surface area contributed by atoms with Crippen LogP contribution >= 0.6 is 0 Å². The molecule has 5 heteroatoms. The number of carbonyl (C=O) groups is 1. The number of ether oxygens (including phenoxy) is 1. The van der Waals surface area contributed by atoms with Gasteiger partial charge in [-0.1, -0.05) is 12.1 Å². The van der Waals surface area contributed by atoms with Crippen molar-refractivity contribution in [2.75, 3.05) is 7.11 Å². The highest BCUT2D eigenvalue weighted by molar-refractivity contribution is 5.97. The van der Waals surface area contributed by atoms with Crippen LogP contribution in [0.4, 0.5) is 0 Å². The molecule has 0 aromatic heterocycles. The Labute approximate surface area is 125 Å². The number of amides is 1. The number of nitrogens with zero attached hydrogens (tertiary/aromatic N) is 1. The Bertz CT molecular complexity index is 542. The van der Waals surface area contributed by atoms with Crippen molar-refractivity contribution < 1.29 is 9.53 Å². The molecule has 0 aliphatic carbocycles. The smallest absolute Gasteiger partial charge is 0.263 e. The average molecular weight is 287 g/mol. The Morgan fingerprint density at radius 3 is 2.38 bits per heavy atom. The first kappa shape index (κ1) is 16.6. The molecule has 21 heavy (non-hydrogen) atoms. The minimum atomic E-state index is -0.373. The molecule has 1 rings (SSSR count). The van der Waals surface area contributed by atoms with Gasteiger partial charge in [-0.25, -0.2) is 0 Å². The fraction of sp³-hybridized carbons (Fsp3) is 0.375. The third-order valence-corrected chi connectivity index (χ3v) is 2.88. The molecule has 0 saturated carbocycles. The zero-order valence-corrected chi connectivity index (χ0v) is 12.8. The zero-order valence-electron chi connectivity index (χ0n) is 12.8. The summed E-state index contributed by atoms with van der Waals surface area (Å²) >= 11 is 0. The van der Waals surface area contributed by atoms with E-state index in [1.165, 1.54) is 6.20 Å². The predicted octanol–water partition coefficient (Wildman–Crippen LogP) is 2.28. The highest BCUT2D eigenvalue weighted by atomic mass is 16.5. The van der Waals surface area contributed by atoms with Crippen LogP contribution in [0.2, 0.25) is 0 Å². The predicted molar refractivity (Wildman–Crippen MR) is 81.5 cm³/mol. The SMILES string of the molecule is COc1ccc(C(C)N/C=C(/C#N)C(=O)NC(C)C)cc1. The van der Waals surface area contributed by atoms with Crippen LogP contribution in [0.25, 0.3) is 0 Å². The molecule has 0 radical (unpaired) electrons. The number of benzene rings is 1. The molecule has 2 N–H and O–H groups in total. The van der Waals surface area contributed by atoms with E-state index in [1.54, 1.807) is 7.11 Å². The first-order chi connectivity index (χ1) is 9.97. The summed E-state index contributed by atoms with van der Waals surface area (Å²) in [5, 5.41) is 14.8.